The van der Waals surface area contributed by atoms with Crippen LogP contribution in [0.2, 0.25) is 0 Å². The largest absolute Gasteiger partial charge is 0.458 e. The number of nitrogens with zero attached hydrogens (tertiary/aromatic N) is 2. The Balaban J connectivity index is 1.58. The maximum atomic E-state index is 12.1. The van der Waals surface area contributed by atoms with E-state index in [1.807, 2.05) is 24.3 Å². The first-order chi connectivity index (χ1) is 10.6. The Kier molecular flexibility index (Phi) is 4.24. The summed E-state index contributed by atoms with van der Waals surface area (Å²) in [5.74, 6) is -0.583. The maximum Gasteiger partial charge on any atom is 0.314 e. The lowest BCUT2D eigenvalue weighted by Crippen LogP contribution is -2.45. The molecule has 0 saturated carbocycles. The molecule has 1 saturated heterocycles. The molecule has 0 spiro atoms. The van der Waals surface area contributed by atoms with Crippen LogP contribution in [0.5, 0.6) is 0 Å². The van der Waals surface area contributed by atoms with Crippen LogP contribution >= 0.6 is 11.3 Å². The topological polar surface area (TPSA) is 85.5 Å². The highest BCUT2D eigenvalue weighted by Crippen LogP contribution is 2.23. The molecule has 7 heteroatoms. The van der Waals surface area contributed by atoms with Gasteiger partial charge in [0.25, 0.3) is 0 Å². The number of nitrogens with two attached hydrogens (primary N) is 1. The molecule has 2 N–H and O–H groups in total. The van der Waals surface area contributed by atoms with Crippen molar-refractivity contribution in [3.63, 3.8) is 0 Å². The second-order valence-electron chi connectivity index (χ2n) is 5.31. The lowest BCUT2D eigenvalue weighted by atomic mass is 9.98. The first-order valence-electron chi connectivity index (χ1n) is 7.19. The normalized spacial score (nSPS) is 18.4. The van der Waals surface area contributed by atoms with Crippen molar-refractivity contribution in [2.24, 2.45) is 11.7 Å². The number of urea groups is 1. The summed E-state index contributed by atoms with van der Waals surface area (Å²) in [5.41, 5.74) is 6.18. The Labute approximate surface area is 131 Å². The molecule has 2 heterocycles. The number of hydrogen-bond donors (Lipinski definition) is 1. The molecule has 22 heavy (non-hydrogen) atoms. The van der Waals surface area contributed by atoms with Crippen LogP contribution in [0.25, 0.3) is 10.2 Å². The van der Waals surface area contributed by atoms with Crippen LogP contribution in [0.15, 0.2) is 24.3 Å². The molecule has 1 aliphatic heterocycles. The van der Waals surface area contributed by atoms with E-state index in [-0.39, 0.29) is 18.5 Å². The number of thiazole rings is 1. The Bertz CT molecular complexity index is 667. The van der Waals surface area contributed by atoms with Crippen LogP contribution in [-0.4, -0.2) is 35.0 Å². The molecule has 1 aromatic carbocycles. The number of benzene rings is 1. The average Bonchev–Trinajstić information content (AvgIpc) is 2.95. The summed E-state index contributed by atoms with van der Waals surface area (Å²) in [6, 6.07) is 7.33. The Morgan fingerprint density at radius 2 is 2.23 bits per heavy atom. The van der Waals surface area contributed by atoms with Crippen LogP contribution in [0.4, 0.5) is 4.79 Å². The third-order valence-electron chi connectivity index (χ3n) is 3.74. The number of ether oxygens (including phenoxy) is 1. The predicted octanol–water partition coefficient (Wildman–Crippen LogP) is 2.13. The molecule has 1 fully saturated rings. The average molecular weight is 319 g/mol. The Morgan fingerprint density at radius 3 is 3.00 bits per heavy atom. The van der Waals surface area contributed by atoms with Gasteiger partial charge in [0.05, 0.1) is 16.1 Å². The second-order valence-corrected chi connectivity index (χ2v) is 6.42. The number of carbonyl (C=O) groups excluding carboxylic acids is 2. The zero-order valence-electron chi connectivity index (χ0n) is 12.0. The summed E-state index contributed by atoms with van der Waals surface area (Å²) < 4.78 is 6.43. The number of piperidine rings is 1. The van der Waals surface area contributed by atoms with Gasteiger partial charge in [0, 0.05) is 13.1 Å². The second kappa shape index (κ2) is 6.31. The van der Waals surface area contributed by atoms with E-state index < -0.39 is 6.03 Å². The molecule has 0 unspecified atom stereocenters. The van der Waals surface area contributed by atoms with Gasteiger partial charge in [0.1, 0.15) is 11.6 Å². The van der Waals surface area contributed by atoms with Gasteiger partial charge in [0.15, 0.2) is 0 Å². The highest BCUT2D eigenvalue weighted by atomic mass is 32.1. The number of esters is 1. The van der Waals surface area contributed by atoms with Crippen molar-refractivity contribution in [3.05, 3.63) is 29.3 Å². The minimum absolute atomic E-state index is 0.172. The zero-order chi connectivity index (χ0) is 15.5. The number of hydrogen-bond acceptors (Lipinski definition) is 5. The third-order valence-corrected chi connectivity index (χ3v) is 4.75. The minimum atomic E-state index is -0.483. The fourth-order valence-electron chi connectivity index (χ4n) is 2.60. The summed E-state index contributed by atoms with van der Waals surface area (Å²) in [6.45, 7) is 1.12. The number of rotatable bonds is 3. The summed E-state index contributed by atoms with van der Waals surface area (Å²) >= 11 is 1.52. The number of aromatic nitrogens is 1. The van der Waals surface area contributed by atoms with Crippen molar-refractivity contribution in [1.82, 2.24) is 9.88 Å². The van der Waals surface area contributed by atoms with E-state index in [4.69, 9.17) is 10.5 Å². The number of likely N-dealkylation sites (tertiary alicyclic amines) is 1. The first kappa shape index (κ1) is 14.8. The molecular formula is C15H17N3O3S. The SMILES string of the molecule is NC(=O)N1CCC[C@H](C(=O)OCc2nc3ccccc3s2)C1. The van der Waals surface area contributed by atoms with Gasteiger partial charge in [-0.2, -0.15) is 0 Å². The minimum Gasteiger partial charge on any atom is -0.458 e. The molecule has 6 nitrogen and oxygen atoms in total. The van der Waals surface area contributed by atoms with Gasteiger partial charge in [-0.15, -0.1) is 11.3 Å². The highest BCUT2D eigenvalue weighted by Gasteiger charge is 2.28. The predicted molar refractivity (Wildman–Crippen MR) is 83.3 cm³/mol. The number of carbonyl (C=O) groups is 2. The molecule has 1 aliphatic rings. The smallest absolute Gasteiger partial charge is 0.314 e. The molecule has 2 aromatic rings. The van der Waals surface area contributed by atoms with Crippen molar-refractivity contribution in [1.29, 1.82) is 0 Å². The third kappa shape index (κ3) is 3.19. The van der Waals surface area contributed by atoms with Gasteiger partial charge in [0.2, 0.25) is 0 Å². The number of amides is 2. The lowest BCUT2D eigenvalue weighted by Gasteiger charge is -2.30. The molecule has 2 amide bonds. The molecule has 0 aliphatic carbocycles. The van der Waals surface area contributed by atoms with Crippen molar-refractivity contribution in [2.45, 2.75) is 19.4 Å². The fraction of sp³-hybridized carbons (Fsp3) is 0.400. The molecular weight excluding hydrogens is 302 g/mol. The summed E-state index contributed by atoms with van der Waals surface area (Å²) in [6.07, 6.45) is 1.49. The van der Waals surface area contributed by atoms with Crippen molar-refractivity contribution < 1.29 is 14.3 Å². The summed E-state index contributed by atoms with van der Waals surface area (Å²) in [4.78, 5) is 29.2. The number of primary amides is 1. The van der Waals surface area contributed by atoms with E-state index in [9.17, 15) is 9.59 Å². The van der Waals surface area contributed by atoms with E-state index >= 15 is 0 Å². The van der Waals surface area contributed by atoms with Gasteiger partial charge >= 0.3 is 12.0 Å². The summed E-state index contributed by atoms with van der Waals surface area (Å²) in [5, 5.41) is 0.775. The van der Waals surface area contributed by atoms with Crippen LogP contribution in [0.3, 0.4) is 0 Å². The van der Waals surface area contributed by atoms with Crippen molar-refractivity contribution in [2.75, 3.05) is 13.1 Å². The lowest BCUT2D eigenvalue weighted by molar-refractivity contribution is -0.151. The molecule has 3 rings (SSSR count). The van der Waals surface area contributed by atoms with Crippen LogP contribution < -0.4 is 5.73 Å². The molecule has 1 aromatic heterocycles. The van der Waals surface area contributed by atoms with Gasteiger partial charge in [-0.05, 0) is 25.0 Å². The zero-order valence-corrected chi connectivity index (χ0v) is 12.8. The van der Waals surface area contributed by atoms with Gasteiger partial charge in [-0.3, -0.25) is 4.79 Å². The maximum absolute atomic E-state index is 12.1. The van der Waals surface area contributed by atoms with Gasteiger partial charge < -0.3 is 15.4 Å². The summed E-state index contributed by atoms with van der Waals surface area (Å²) in [7, 11) is 0. The van der Waals surface area contributed by atoms with Crippen LogP contribution in [0, 0.1) is 5.92 Å². The standard InChI is InChI=1S/C15H17N3O3S/c16-15(20)18-7-3-4-10(8-18)14(19)21-9-13-17-11-5-1-2-6-12(11)22-13/h1-2,5-6,10H,3-4,7-9H2,(H2,16,20)/t10-/m0/s1. The van der Waals surface area contributed by atoms with Crippen molar-refractivity contribution in [3.8, 4) is 0 Å². The number of para-hydroxylation sites is 1. The number of fused-ring (bicyclic) bond motifs is 1. The van der Waals surface area contributed by atoms with Gasteiger partial charge in [-0.1, -0.05) is 12.1 Å². The Hall–Kier alpha value is -2.15. The highest BCUT2D eigenvalue weighted by molar-refractivity contribution is 7.18. The first-order valence-corrected chi connectivity index (χ1v) is 8.00. The van der Waals surface area contributed by atoms with Crippen LogP contribution in [-0.2, 0) is 16.1 Å². The molecule has 116 valence electrons. The monoisotopic (exact) mass is 319 g/mol. The van der Waals surface area contributed by atoms with E-state index in [2.05, 4.69) is 4.98 Å². The van der Waals surface area contributed by atoms with Crippen molar-refractivity contribution >= 4 is 33.6 Å². The molecule has 1 atom stereocenters. The van der Waals surface area contributed by atoms with E-state index in [0.717, 1.165) is 28.1 Å². The van der Waals surface area contributed by atoms with Crippen LogP contribution in [0.1, 0.15) is 17.8 Å². The van der Waals surface area contributed by atoms with E-state index in [1.54, 1.807) is 0 Å². The molecule has 0 bridgehead atoms. The molecule has 0 radical (unpaired) electrons. The van der Waals surface area contributed by atoms with Gasteiger partial charge in [-0.25, -0.2) is 9.78 Å². The fourth-order valence-corrected chi connectivity index (χ4v) is 3.48. The van der Waals surface area contributed by atoms with E-state index in [1.165, 1.54) is 16.2 Å². The van der Waals surface area contributed by atoms with E-state index in [0.29, 0.717) is 13.1 Å². The Morgan fingerprint density at radius 1 is 1.41 bits per heavy atom. The quantitative estimate of drug-likeness (QED) is 0.878.